The molecule has 0 atom stereocenters. The van der Waals surface area contributed by atoms with Gasteiger partial charge in [-0.15, -0.1) is 0 Å². The number of benzene rings is 2. The van der Waals surface area contributed by atoms with Crippen LogP contribution in [0.4, 0.5) is 11.9 Å². The maximum absolute atomic E-state index is 6.04. The fourth-order valence-corrected chi connectivity index (χ4v) is 3.05. The van der Waals surface area contributed by atoms with Gasteiger partial charge in [-0.25, -0.2) is 9.97 Å². The smallest absolute Gasteiger partial charge is 0.201 e. The SMILES string of the molecule is Nc1nc2ccccc2n1CCCn1c(N)nc2ccccc21. The molecule has 2 heterocycles. The molecule has 0 unspecified atom stereocenters. The Bertz CT molecular complexity index is 901. The first kappa shape index (κ1) is 13.6. The lowest BCUT2D eigenvalue weighted by molar-refractivity contribution is 0.588. The molecule has 116 valence electrons. The number of nitrogens with two attached hydrogens (primary N) is 2. The van der Waals surface area contributed by atoms with Gasteiger partial charge in [-0.3, -0.25) is 0 Å². The Labute approximate surface area is 133 Å². The second-order valence-corrected chi connectivity index (χ2v) is 5.57. The van der Waals surface area contributed by atoms with Gasteiger partial charge in [0.05, 0.1) is 22.1 Å². The molecular formula is C17H18N6. The summed E-state index contributed by atoms with van der Waals surface area (Å²) in [4.78, 5) is 8.79. The highest BCUT2D eigenvalue weighted by atomic mass is 15.2. The lowest BCUT2D eigenvalue weighted by atomic mass is 10.3. The third-order valence-electron chi connectivity index (χ3n) is 4.13. The predicted octanol–water partition coefficient (Wildman–Crippen LogP) is 2.64. The van der Waals surface area contributed by atoms with Crippen molar-refractivity contribution in [3.63, 3.8) is 0 Å². The molecule has 4 rings (SSSR count). The Hall–Kier alpha value is -3.02. The van der Waals surface area contributed by atoms with E-state index in [9.17, 15) is 0 Å². The zero-order valence-corrected chi connectivity index (χ0v) is 12.7. The molecule has 6 heteroatoms. The first-order valence-corrected chi connectivity index (χ1v) is 7.65. The van der Waals surface area contributed by atoms with Crippen LogP contribution in [-0.2, 0) is 13.1 Å². The molecule has 0 aliphatic rings. The molecule has 4 N–H and O–H groups in total. The predicted molar refractivity (Wildman–Crippen MR) is 92.9 cm³/mol. The molecule has 6 nitrogen and oxygen atoms in total. The summed E-state index contributed by atoms with van der Waals surface area (Å²) in [6, 6.07) is 16.0. The maximum Gasteiger partial charge on any atom is 0.201 e. The molecule has 0 bridgehead atoms. The lowest BCUT2D eigenvalue weighted by Crippen LogP contribution is -2.08. The van der Waals surface area contributed by atoms with E-state index in [4.69, 9.17) is 11.5 Å². The van der Waals surface area contributed by atoms with Gasteiger partial charge in [0, 0.05) is 13.1 Å². The summed E-state index contributed by atoms with van der Waals surface area (Å²) in [6.45, 7) is 1.58. The number of para-hydroxylation sites is 4. The molecule has 0 spiro atoms. The quantitative estimate of drug-likeness (QED) is 0.606. The van der Waals surface area contributed by atoms with Crippen LogP contribution in [0.1, 0.15) is 6.42 Å². The second-order valence-electron chi connectivity index (χ2n) is 5.57. The van der Waals surface area contributed by atoms with Gasteiger partial charge in [0.25, 0.3) is 0 Å². The standard InChI is InChI=1S/C17H18N6/c18-16-20-12-6-1-3-8-14(12)22(16)10-5-11-23-15-9-4-2-7-13(15)21-17(23)19/h1-4,6-9H,5,10-11H2,(H2,18,20)(H2,19,21). The van der Waals surface area contributed by atoms with Crippen molar-refractivity contribution in [2.24, 2.45) is 0 Å². The lowest BCUT2D eigenvalue weighted by Gasteiger charge is -2.09. The molecule has 2 aromatic heterocycles. The van der Waals surface area contributed by atoms with Gasteiger partial charge in [0.1, 0.15) is 0 Å². The van der Waals surface area contributed by atoms with E-state index in [0.717, 1.165) is 41.6 Å². The van der Waals surface area contributed by atoms with Crippen LogP contribution >= 0.6 is 0 Å². The molecule has 0 amide bonds. The number of aryl methyl sites for hydroxylation is 2. The zero-order valence-electron chi connectivity index (χ0n) is 12.7. The van der Waals surface area contributed by atoms with Crippen LogP contribution in [0.5, 0.6) is 0 Å². The summed E-state index contributed by atoms with van der Waals surface area (Å²) in [6.07, 6.45) is 0.898. The molecular weight excluding hydrogens is 288 g/mol. The van der Waals surface area contributed by atoms with Crippen molar-refractivity contribution in [1.29, 1.82) is 0 Å². The molecule has 2 aromatic carbocycles. The number of imidazole rings is 2. The second kappa shape index (κ2) is 5.31. The zero-order chi connectivity index (χ0) is 15.8. The summed E-state index contributed by atoms with van der Waals surface area (Å²) >= 11 is 0. The van der Waals surface area contributed by atoms with Crippen LogP contribution in [-0.4, -0.2) is 19.1 Å². The van der Waals surface area contributed by atoms with Crippen LogP contribution in [0.3, 0.4) is 0 Å². The minimum atomic E-state index is 0.551. The molecule has 23 heavy (non-hydrogen) atoms. The molecule has 0 aliphatic heterocycles. The van der Waals surface area contributed by atoms with Crippen molar-refractivity contribution in [2.75, 3.05) is 11.5 Å². The Balaban J connectivity index is 1.57. The van der Waals surface area contributed by atoms with Crippen molar-refractivity contribution in [3.05, 3.63) is 48.5 Å². The van der Waals surface area contributed by atoms with Gasteiger partial charge in [-0.05, 0) is 30.7 Å². The highest BCUT2D eigenvalue weighted by molar-refractivity contribution is 5.78. The van der Waals surface area contributed by atoms with Crippen LogP contribution in [0.2, 0.25) is 0 Å². The summed E-state index contributed by atoms with van der Waals surface area (Å²) in [7, 11) is 0. The van der Waals surface area contributed by atoms with E-state index in [2.05, 4.69) is 9.97 Å². The normalized spacial score (nSPS) is 11.5. The van der Waals surface area contributed by atoms with Crippen molar-refractivity contribution >= 4 is 34.0 Å². The maximum atomic E-state index is 6.04. The third kappa shape index (κ3) is 2.28. The van der Waals surface area contributed by atoms with Crippen molar-refractivity contribution in [2.45, 2.75) is 19.5 Å². The number of hydrogen-bond acceptors (Lipinski definition) is 4. The third-order valence-corrected chi connectivity index (χ3v) is 4.13. The molecule has 0 saturated carbocycles. The van der Waals surface area contributed by atoms with E-state index in [-0.39, 0.29) is 0 Å². The van der Waals surface area contributed by atoms with Crippen molar-refractivity contribution < 1.29 is 0 Å². The van der Waals surface area contributed by atoms with Crippen LogP contribution in [0.25, 0.3) is 22.1 Å². The van der Waals surface area contributed by atoms with E-state index in [0.29, 0.717) is 11.9 Å². The number of fused-ring (bicyclic) bond motifs is 2. The average Bonchev–Trinajstić information content (AvgIpc) is 3.04. The van der Waals surface area contributed by atoms with Crippen molar-refractivity contribution in [1.82, 2.24) is 19.1 Å². The Morgan fingerprint density at radius 1 is 0.696 bits per heavy atom. The number of hydrogen-bond donors (Lipinski definition) is 2. The summed E-state index contributed by atoms with van der Waals surface area (Å²) in [5.41, 5.74) is 16.1. The summed E-state index contributed by atoms with van der Waals surface area (Å²) < 4.78 is 4.09. The Morgan fingerprint density at radius 3 is 1.61 bits per heavy atom. The number of aromatic nitrogens is 4. The van der Waals surface area contributed by atoms with E-state index >= 15 is 0 Å². The van der Waals surface area contributed by atoms with Crippen LogP contribution < -0.4 is 11.5 Å². The van der Waals surface area contributed by atoms with E-state index in [1.165, 1.54) is 0 Å². The largest absolute Gasteiger partial charge is 0.369 e. The highest BCUT2D eigenvalue weighted by Gasteiger charge is 2.09. The van der Waals surface area contributed by atoms with Gasteiger partial charge in [-0.2, -0.15) is 0 Å². The molecule has 0 radical (unpaired) electrons. The Morgan fingerprint density at radius 2 is 1.13 bits per heavy atom. The van der Waals surface area contributed by atoms with Gasteiger partial charge >= 0.3 is 0 Å². The Kier molecular flexibility index (Phi) is 3.15. The van der Waals surface area contributed by atoms with Crippen LogP contribution in [0.15, 0.2) is 48.5 Å². The summed E-state index contributed by atoms with van der Waals surface area (Å²) in [5, 5.41) is 0. The van der Waals surface area contributed by atoms with Crippen molar-refractivity contribution in [3.8, 4) is 0 Å². The van der Waals surface area contributed by atoms with Gasteiger partial charge in [-0.1, -0.05) is 24.3 Å². The van der Waals surface area contributed by atoms with Gasteiger partial charge < -0.3 is 20.6 Å². The number of nitrogens with zero attached hydrogens (tertiary/aromatic N) is 4. The first-order valence-electron chi connectivity index (χ1n) is 7.65. The number of nitrogen functional groups attached to an aromatic ring is 2. The fourth-order valence-electron chi connectivity index (χ4n) is 3.05. The monoisotopic (exact) mass is 306 g/mol. The fraction of sp³-hybridized carbons (Fsp3) is 0.176. The minimum Gasteiger partial charge on any atom is -0.369 e. The first-order chi connectivity index (χ1) is 11.2. The van der Waals surface area contributed by atoms with Gasteiger partial charge in [0.15, 0.2) is 0 Å². The highest BCUT2D eigenvalue weighted by Crippen LogP contribution is 2.20. The minimum absolute atomic E-state index is 0.551. The molecule has 0 fully saturated rings. The molecule has 0 saturated heterocycles. The number of rotatable bonds is 4. The van der Waals surface area contributed by atoms with E-state index < -0.39 is 0 Å². The van der Waals surface area contributed by atoms with E-state index in [1.54, 1.807) is 0 Å². The van der Waals surface area contributed by atoms with E-state index in [1.807, 2.05) is 57.7 Å². The number of anilines is 2. The molecule has 0 aliphatic carbocycles. The summed E-state index contributed by atoms with van der Waals surface area (Å²) in [5.74, 6) is 1.10. The van der Waals surface area contributed by atoms with Crippen LogP contribution in [0, 0.1) is 0 Å². The topological polar surface area (TPSA) is 87.7 Å². The van der Waals surface area contributed by atoms with Gasteiger partial charge in [0.2, 0.25) is 11.9 Å². The molecule has 4 aromatic rings. The average molecular weight is 306 g/mol.